The largest absolute Gasteiger partial charge is 0.325 e. The van der Waals surface area contributed by atoms with Gasteiger partial charge in [0.2, 0.25) is 5.91 Å². The van der Waals surface area contributed by atoms with E-state index in [1.165, 1.54) is 11.8 Å². The summed E-state index contributed by atoms with van der Waals surface area (Å²) in [5.41, 5.74) is 2.80. The van der Waals surface area contributed by atoms with Crippen molar-refractivity contribution in [1.29, 1.82) is 0 Å². The van der Waals surface area contributed by atoms with Gasteiger partial charge in [-0.15, -0.1) is 10.2 Å². The van der Waals surface area contributed by atoms with Crippen LogP contribution < -0.4 is 5.32 Å². The summed E-state index contributed by atoms with van der Waals surface area (Å²) in [6, 6.07) is 21.5. The number of hydrogen-bond acceptors (Lipinski definition) is 5. The Bertz CT molecular complexity index is 1170. The molecule has 4 aromatic rings. The van der Waals surface area contributed by atoms with E-state index in [1.54, 1.807) is 12.4 Å². The maximum absolute atomic E-state index is 12.8. The van der Waals surface area contributed by atoms with Crippen molar-refractivity contribution in [3.8, 4) is 11.4 Å². The molecule has 1 unspecified atom stereocenters. The molecule has 6 nitrogen and oxygen atoms in total. The third-order valence-electron chi connectivity index (χ3n) is 4.58. The molecule has 0 radical (unpaired) electrons. The second-order valence-corrected chi connectivity index (χ2v) is 9.10. The predicted molar refractivity (Wildman–Crippen MR) is 127 cm³/mol. The van der Waals surface area contributed by atoms with Crippen LogP contribution in [0, 0.1) is 0 Å². The van der Waals surface area contributed by atoms with Crippen LogP contribution in [0.3, 0.4) is 0 Å². The number of nitrogens with zero attached hydrogens (tertiary/aromatic N) is 4. The van der Waals surface area contributed by atoms with Gasteiger partial charge < -0.3 is 5.32 Å². The van der Waals surface area contributed by atoms with Crippen LogP contribution >= 0.6 is 27.7 Å². The molecule has 0 aliphatic heterocycles. The molecule has 8 heteroatoms. The average molecular weight is 494 g/mol. The van der Waals surface area contributed by atoms with Crippen molar-refractivity contribution in [2.45, 2.75) is 23.9 Å². The zero-order valence-corrected chi connectivity index (χ0v) is 19.2. The summed E-state index contributed by atoms with van der Waals surface area (Å²) in [5, 5.41) is 12.1. The number of rotatable bonds is 7. The average Bonchev–Trinajstić information content (AvgIpc) is 3.17. The van der Waals surface area contributed by atoms with Gasteiger partial charge in [-0.05, 0) is 42.8 Å². The topological polar surface area (TPSA) is 72.7 Å². The van der Waals surface area contributed by atoms with Crippen molar-refractivity contribution >= 4 is 39.3 Å². The molecule has 4 rings (SSSR count). The van der Waals surface area contributed by atoms with Gasteiger partial charge in [0.15, 0.2) is 11.0 Å². The molecular weight excluding hydrogens is 474 g/mol. The zero-order chi connectivity index (χ0) is 21.6. The molecule has 2 aromatic carbocycles. The third kappa shape index (κ3) is 5.39. The van der Waals surface area contributed by atoms with Crippen LogP contribution in [0.5, 0.6) is 0 Å². The Morgan fingerprint density at radius 3 is 2.58 bits per heavy atom. The van der Waals surface area contributed by atoms with Crippen LogP contribution in [0.25, 0.3) is 11.4 Å². The van der Waals surface area contributed by atoms with E-state index < -0.39 is 0 Å². The number of nitrogens with one attached hydrogen (secondary N) is 1. The zero-order valence-electron chi connectivity index (χ0n) is 16.8. The molecule has 0 fully saturated rings. The lowest BCUT2D eigenvalue weighted by Crippen LogP contribution is -2.23. The minimum atomic E-state index is -0.358. The summed E-state index contributed by atoms with van der Waals surface area (Å²) in [4.78, 5) is 16.9. The van der Waals surface area contributed by atoms with Crippen LogP contribution in [0.2, 0.25) is 0 Å². The lowest BCUT2D eigenvalue weighted by atomic mass is 10.2. The van der Waals surface area contributed by atoms with Crippen molar-refractivity contribution in [3.05, 3.63) is 89.2 Å². The normalized spacial score (nSPS) is 11.8. The van der Waals surface area contributed by atoms with E-state index in [0.29, 0.717) is 11.7 Å². The maximum atomic E-state index is 12.8. The molecule has 2 aromatic heterocycles. The van der Waals surface area contributed by atoms with Gasteiger partial charge in [0, 0.05) is 28.1 Å². The second kappa shape index (κ2) is 9.89. The molecule has 0 bridgehead atoms. The van der Waals surface area contributed by atoms with Gasteiger partial charge in [0.25, 0.3) is 0 Å². The Morgan fingerprint density at radius 1 is 1.06 bits per heavy atom. The van der Waals surface area contributed by atoms with Crippen molar-refractivity contribution < 1.29 is 4.79 Å². The summed E-state index contributed by atoms with van der Waals surface area (Å²) < 4.78 is 2.95. The highest BCUT2D eigenvalue weighted by Crippen LogP contribution is 2.28. The number of halogens is 1. The molecule has 0 aliphatic rings. The van der Waals surface area contributed by atoms with E-state index in [1.807, 2.05) is 66.1 Å². The first-order valence-electron chi connectivity index (χ1n) is 9.71. The molecule has 0 saturated carbocycles. The van der Waals surface area contributed by atoms with Crippen molar-refractivity contribution in [3.63, 3.8) is 0 Å². The minimum absolute atomic E-state index is 0.0946. The number of pyridine rings is 1. The lowest BCUT2D eigenvalue weighted by molar-refractivity contribution is -0.115. The molecule has 0 aliphatic carbocycles. The predicted octanol–water partition coefficient (Wildman–Crippen LogP) is 5.27. The van der Waals surface area contributed by atoms with Crippen LogP contribution in [0.4, 0.5) is 5.69 Å². The second-order valence-electron chi connectivity index (χ2n) is 6.87. The number of thioether (sulfide) groups is 1. The van der Waals surface area contributed by atoms with E-state index in [4.69, 9.17) is 0 Å². The summed E-state index contributed by atoms with van der Waals surface area (Å²) >= 11 is 4.81. The highest BCUT2D eigenvalue weighted by Gasteiger charge is 2.21. The molecule has 1 N–H and O–H groups in total. The van der Waals surface area contributed by atoms with Gasteiger partial charge in [-0.3, -0.25) is 14.3 Å². The Morgan fingerprint density at radius 2 is 1.84 bits per heavy atom. The Hall–Kier alpha value is -2.97. The summed E-state index contributed by atoms with van der Waals surface area (Å²) in [6.07, 6.45) is 3.47. The van der Waals surface area contributed by atoms with Crippen LogP contribution in [0.15, 0.2) is 88.8 Å². The fourth-order valence-corrected chi connectivity index (χ4v) is 4.27. The van der Waals surface area contributed by atoms with Crippen molar-refractivity contribution in [2.75, 3.05) is 5.32 Å². The first kappa shape index (κ1) is 21.3. The van der Waals surface area contributed by atoms with E-state index in [-0.39, 0.29) is 11.2 Å². The van der Waals surface area contributed by atoms with Crippen LogP contribution in [0.1, 0.15) is 12.5 Å². The van der Waals surface area contributed by atoms with Crippen LogP contribution in [-0.4, -0.2) is 30.9 Å². The Balaban J connectivity index is 1.58. The molecule has 1 amide bonds. The van der Waals surface area contributed by atoms with Gasteiger partial charge >= 0.3 is 0 Å². The Labute approximate surface area is 193 Å². The molecule has 0 saturated heterocycles. The first-order valence-corrected chi connectivity index (χ1v) is 11.4. The maximum Gasteiger partial charge on any atom is 0.237 e. The van der Waals surface area contributed by atoms with Gasteiger partial charge in [-0.25, -0.2) is 0 Å². The number of aromatic nitrogens is 4. The fourth-order valence-electron chi connectivity index (χ4n) is 3.02. The molecule has 0 spiro atoms. The summed E-state index contributed by atoms with van der Waals surface area (Å²) in [7, 11) is 0. The van der Waals surface area contributed by atoms with Gasteiger partial charge in [0.05, 0.1) is 11.8 Å². The monoisotopic (exact) mass is 493 g/mol. The fraction of sp³-hybridized carbons (Fsp3) is 0.130. The minimum Gasteiger partial charge on any atom is -0.325 e. The smallest absolute Gasteiger partial charge is 0.237 e. The van der Waals surface area contributed by atoms with Crippen molar-refractivity contribution in [1.82, 2.24) is 19.7 Å². The molecule has 2 heterocycles. The number of anilines is 1. The van der Waals surface area contributed by atoms with E-state index >= 15 is 0 Å². The highest BCUT2D eigenvalue weighted by molar-refractivity contribution is 9.10. The molecular formula is C23H20BrN5OS. The quantitative estimate of drug-likeness (QED) is 0.355. The standard InChI is InChI=1S/C23H20BrN5OS/c1-16(22(30)26-20-9-5-8-19(24)14-20)31-23-28-27-21(18-10-12-25-13-11-18)29(23)15-17-6-3-2-4-7-17/h2-14,16H,15H2,1H3,(H,26,30). The molecule has 1 atom stereocenters. The number of carbonyl (C=O) groups excluding carboxylic acids is 1. The number of benzene rings is 2. The third-order valence-corrected chi connectivity index (χ3v) is 6.16. The van der Waals surface area contributed by atoms with Gasteiger partial charge in [-0.2, -0.15) is 0 Å². The van der Waals surface area contributed by atoms with E-state index in [2.05, 4.69) is 48.6 Å². The first-order chi connectivity index (χ1) is 15.1. The molecule has 31 heavy (non-hydrogen) atoms. The van der Waals surface area contributed by atoms with Crippen molar-refractivity contribution in [2.24, 2.45) is 0 Å². The molecule has 156 valence electrons. The van der Waals surface area contributed by atoms with E-state index in [0.717, 1.165) is 27.1 Å². The number of carbonyl (C=O) groups is 1. The summed E-state index contributed by atoms with van der Waals surface area (Å²) in [5.74, 6) is 0.649. The number of hydrogen-bond donors (Lipinski definition) is 1. The van der Waals surface area contributed by atoms with Crippen LogP contribution in [-0.2, 0) is 11.3 Å². The van der Waals surface area contributed by atoms with Gasteiger partial charge in [0.1, 0.15) is 0 Å². The highest BCUT2D eigenvalue weighted by atomic mass is 79.9. The number of amides is 1. The summed E-state index contributed by atoms with van der Waals surface area (Å²) in [6.45, 7) is 2.47. The van der Waals surface area contributed by atoms with E-state index in [9.17, 15) is 4.79 Å². The Kier molecular flexibility index (Phi) is 6.79. The van der Waals surface area contributed by atoms with Gasteiger partial charge in [-0.1, -0.05) is 64.1 Å². The lowest BCUT2D eigenvalue weighted by Gasteiger charge is -2.14. The SMILES string of the molecule is CC(Sc1nnc(-c2ccncc2)n1Cc1ccccc1)C(=O)Nc1cccc(Br)c1.